The van der Waals surface area contributed by atoms with Crippen molar-refractivity contribution in [2.45, 2.75) is 13.0 Å². The number of aliphatic hydroxyl groups excluding tert-OH is 1. The second kappa shape index (κ2) is 6.35. The second-order valence-corrected chi connectivity index (χ2v) is 6.37. The Morgan fingerprint density at radius 3 is 2.35 bits per heavy atom. The molecule has 1 unspecified atom stereocenters. The van der Waals surface area contributed by atoms with Gasteiger partial charge in [0.2, 0.25) is 0 Å². The van der Waals surface area contributed by atoms with E-state index in [-0.39, 0.29) is 0 Å². The summed E-state index contributed by atoms with van der Waals surface area (Å²) in [6, 6.07) is 3.52. The van der Waals surface area contributed by atoms with Gasteiger partial charge in [-0.15, -0.1) is 11.3 Å². The van der Waals surface area contributed by atoms with Crippen LogP contribution in [0, 0.1) is 6.92 Å². The second-order valence-electron chi connectivity index (χ2n) is 4.23. The summed E-state index contributed by atoms with van der Waals surface area (Å²) in [6.07, 6.45) is -0.810. The highest BCUT2D eigenvalue weighted by atomic mass is 79.9. The third-order valence-electron chi connectivity index (χ3n) is 2.97. The molecule has 1 atom stereocenters. The number of ether oxygens (including phenoxy) is 2. The largest absolute Gasteiger partial charge is 0.493 e. The van der Waals surface area contributed by atoms with Gasteiger partial charge in [0.1, 0.15) is 6.10 Å². The van der Waals surface area contributed by atoms with Crippen molar-refractivity contribution in [3.63, 3.8) is 0 Å². The fourth-order valence-corrected chi connectivity index (χ4v) is 3.69. The quantitative estimate of drug-likeness (QED) is 0.848. The zero-order chi connectivity index (χ0) is 14.9. The SMILES string of the molecule is COc1cc(Br)c(C(O)c2scc(C)c2Cl)cc1OC. The maximum Gasteiger partial charge on any atom is 0.161 e. The first-order chi connectivity index (χ1) is 9.49. The molecule has 0 bridgehead atoms. The molecule has 20 heavy (non-hydrogen) atoms. The summed E-state index contributed by atoms with van der Waals surface area (Å²) < 4.78 is 11.2. The molecule has 2 rings (SSSR count). The number of aliphatic hydroxyl groups is 1. The molecule has 0 spiro atoms. The van der Waals surface area contributed by atoms with E-state index in [1.807, 2.05) is 12.3 Å². The molecule has 0 amide bonds. The van der Waals surface area contributed by atoms with Crippen LogP contribution in [0.3, 0.4) is 0 Å². The first-order valence-electron chi connectivity index (χ1n) is 5.82. The van der Waals surface area contributed by atoms with Gasteiger partial charge in [0, 0.05) is 10.0 Å². The third kappa shape index (κ3) is 2.81. The Morgan fingerprint density at radius 2 is 1.85 bits per heavy atom. The van der Waals surface area contributed by atoms with Crippen molar-refractivity contribution >= 4 is 38.9 Å². The van der Waals surface area contributed by atoms with E-state index in [1.165, 1.54) is 11.3 Å². The van der Waals surface area contributed by atoms with Gasteiger partial charge in [-0.1, -0.05) is 27.5 Å². The molecule has 2 aromatic rings. The minimum absolute atomic E-state index is 0.564. The van der Waals surface area contributed by atoms with Gasteiger partial charge in [-0.05, 0) is 30.0 Å². The average molecular weight is 378 g/mol. The first kappa shape index (κ1) is 15.6. The first-order valence-corrected chi connectivity index (χ1v) is 7.87. The summed E-state index contributed by atoms with van der Waals surface area (Å²) in [6.45, 7) is 1.92. The number of halogens is 2. The Bertz CT molecular complexity index is 627. The van der Waals surface area contributed by atoms with Crippen molar-refractivity contribution in [2.24, 2.45) is 0 Å². The minimum atomic E-state index is -0.810. The highest BCUT2D eigenvalue weighted by Crippen LogP contribution is 2.41. The molecule has 0 fully saturated rings. The standard InChI is InChI=1S/C14H14BrClO3S/c1-7-6-20-14(12(7)16)13(17)8-4-10(18-2)11(19-3)5-9(8)15/h4-6,13,17H,1-3H3. The summed E-state index contributed by atoms with van der Waals surface area (Å²) in [7, 11) is 3.13. The van der Waals surface area contributed by atoms with Crippen molar-refractivity contribution < 1.29 is 14.6 Å². The predicted molar refractivity (Wildman–Crippen MR) is 85.4 cm³/mol. The normalized spacial score (nSPS) is 12.3. The fourth-order valence-electron chi connectivity index (χ4n) is 1.85. The van der Waals surface area contributed by atoms with Gasteiger partial charge in [-0.2, -0.15) is 0 Å². The maximum atomic E-state index is 10.6. The molecule has 108 valence electrons. The van der Waals surface area contributed by atoms with Crippen LogP contribution in [0.5, 0.6) is 11.5 Å². The number of hydrogen-bond donors (Lipinski definition) is 1. The number of hydrogen-bond acceptors (Lipinski definition) is 4. The topological polar surface area (TPSA) is 38.7 Å². The average Bonchev–Trinajstić information content (AvgIpc) is 2.78. The van der Waals surface area contributed by atoms with Gasteiger partial charge in [-0.25, -0.2) is 0 Å². The number of rotatable bonds is 4. The molecule has 0 radical (unpaired) electrons. The molecule has 1 aromatic heterocycles. The van der Waals surface area contributed by atoms with Gasteiger partial charge in [-0.3, -0.25) is 0 Å². The highest BCUT2D eigenvalue weighted by Gasteiger charge is 2.21. The van der Waals surface area contributed by atoms with E-state index < -0.39 is 6.10 Å². The third-order valence-corrected chi connectivity index (χ3v) is 5.42. The summed E-state index contributed by atoms with van der Waals surface area (Å²) in [5.74, 6) is 1.16. The Morgan fingerprint density at radius 1 is 1.25 bits per heavy atom. The lowest BCUT2D eigenvalue weighted by Crippen LogP contribution is -2.01. The molecule has 0 aliphatic heterocycles. The van der Waals surface area contributed by atoms with Gasteiger partial charge >= 0.3 is 0 Å². The zero-order valence-corrected chi connectivity index (χ0v) is 14.4. The molecule has 0 aliphatic carbocycles. The van der Waals surface area contributed by atoms with Crippen molar-refractivity contribution in [1.82, 2.24) is 0 Å². The lowest BCUT2D eigenvalue weighted by Gasteiger charge is -2.16. The molecule has 0 aliphatic rings. The summed E-state index contributed by atoms with van der Waals surface area (Å²) >= 11 is 11.1. The van der Waals surface area contributed by atoms with E-state index in [4.69, 9.17) is 21.1 Å². The predicted octanol–water partition coefficient (Wildman–Crippen LogP) is 4.57. The van der Waals surface area contributed by atoms with Gasteiger partial charge in [0.25, 0.3) is 0 Å². The fraction of sp³-hybridized carbons (Fsp3) is 0.286. The molecule has 1 N–H and O–H groups in total. The van der Waals surface area contributed by atoms with E-state index in [1.54, 1.807) is 26.4 Å². The maximum absolute atomic E-state index is 10.6. The van der Waals surface area contributed by atoms with Crippen LogP contribution < -0.4 is 9.47 Å². The summed E-state index contributed by atoms with van der Waals surface area (Å²) in [4.78, 5) is 0.720. The molecule has 1 aromatic carbocycles. The van der Waals surface area contributed by atoms with Gasteiger partial charge < -0.3 is 14.6 Å². The number of aryl methyl sites for hydroxylation is 1. The van der Waals surface area contributed by atoms with Crippen LogP contribution in [0.1, 0.15) is 22.1 Å². The molecule has 0 saturated carbocycles. The van der Waals surface area contributed by atoms with Crippen LogP contribution in [0.4, 0.5) is 0 Å². The molecular weight excluding hydrogens is 364 g/mol. The molecule has 3 nitrogen and oxygen atoms in total. The molecule has 6 heteroatoms. The van der Waals surface area contributed by atoms with Crippen molar-refractivity contribution in [1.29, 1.82) is 0 Å². The van der Waals surface area contributed by atoms with Crippen LogP contribution in [0.2, 0.25) is 5.02 Å². The number of thiophene rings is 1. The van der Waals surface area contributed by atoms with E-state index in [0.717, 1.165) is 14.9 Å². The minimum Gasteiger partial charge on any atom is -0.493 e. The monoisotopic (exact) mass is 376 g/mol. The van der Waals surface area contributed by atoms with Crippen molar-refractivity contribution in [3.05, 3.63) is 43.0 Å². The van der Waals surface area contributed by atoms with E-state index >= 15 is 0 Å². The van der Waals surface area contributed by atoms with Gasteiger partial charge in [0.05, 0.1) is 24.1 Å². The zero-order valence-electron chi connectivity index (χ0n) is 11.2. The van der Waals surface area contributed by atoms with Crippen LogP contribution in [-0.2, 0) is 0 Å². The van der Waals surface area contributed by atoms with E-state index in [9.17, 15) is 5.11 Å². The van der Waals surface area contributed by atoms with Crippen LogP contribution >= 0.6 is 38.9 Å². The lowest BCUT2D eigenvalue weighted by atomic mass is 10.1. The van der Waals surface area contributed by atoms with Crippen LogP contribution in [0.15, 0.2) is 22.0 Å². The van der Waals surface area contributed by atoms with E-state index in [2.05, 4.69) is 15.9 Å². The Labute approximate surface area is 135 Å². The molecule has 1 heterocycles. The van der Waals surface area contributed by atoms with E-state index in [0.29, 0.717) is 22.1 Å². The highest BCUT2D eigenvalue weighted by molar-refractivity contribution is 9.10. The molecular formula is C14H14BrClO3S. The van der Waals surface area contributed by atoms with Crippen molar-refractivity contribution in [3.8, 4) is 11.5 Å². The summed E-state index contributed by atoms with van der Waals surface area (Å²) in [5.41, 5.74) is 1.65. The van der Waals surface area contributed by atoms with Crippen LogP contribution in [-0.4, -0.2) is 19.3 Å². The van der Waals surface area contributed by atoms with Gasteiger partial charge in [0.15, 0.2) is 11.5 Å². The summed E-state index contributed by atoms with van der Waals surface area (Å²) in [5, 5.41) is 13.1. The lowest BCUT2D eigenvalue weighted by molar-refractivity contribution is 0.222. The van der Waals surface area contributed by atoms with Crippen LogP contribution in [0.25, 0.3) is 0 Å². The number of methoxy groups -OCH3 is 2. The molecule has 0 saturated heterocycles. The number of benzene rings is 1. The Hall–Kier alpha value is -0.750. The van der Waals surface area contributed by atoms with Crippen molar-refractivity contribution in [2.75, 3.05) is 14.2 Å². The Kier molecular flexibility index (Phi) is 4.96. The smallest absolute Gasteiger partial charge is 0.161 e. The Balaban J connectivity index is 2.49.